The molecule has 0 aromatic carbocycles. The normalized spacial score (nSPS) is 48.7. The van der Waals surface area contributed by atoms with E-state index in [0.29, 0.717) is 6.54 Å². The van der Waals surface area contributed by atoms with Crippen molar-refractivity contribution in [1.29, 1.82) is 0 Å². The summed E-state index contributed by atoms with van der Waals surface area (Å²) in [7, 11) is -2.26. The SMILES string of the molecule is C[C@@H]1O[Si]2(CCCN)O[C@@H]1[C@@H](C)O2. The maximum atomic E-state index is 5.83. The van der Waals surface area contributed by atoms with Crippen molar-refractivity contribution in [3.63, 3.8) is 0 Å². The fourth-order valence-electron chi connectivity index (χ4n) is 2.06. The molecule has 4 atom stereocenters. The first kappa shape index (κ1) is 9.61. The van der Waals surface area contributed by atoms with Gasteiger partial charge in [0, 0.05) is 6.04 Å². The Kier molecular flexibility index (Phi) is 2.46. The Hall–Kier alpha value is 0.0569. The molecule has 0 aromatic heterocycles. The van der Waals surface area contributed by atoms with Gasteiger partial charge in [-0.05, 0) is 26.8 Å². The summed E-state index contributed by atoms with van der Waals surface area (Å²) in [4.78, 5) is 0. The summed E-state index contributed by atoms with van der Waals surface area (Å²) in [6, 6.07) is 0.870. The van der Waals surface area contributed by atoms with E-state index in [2.05, 4.69) is 13.8 Å². The first-order valence-corrected chi connectivity index (χ1v) is 6.83. The van der Waals surface area contributed by atoms with E-state index < -0.39 is 8.80 Å². The smallest absolute Gasteiger partial charge is 0.368 e. The molecule has 2 aliphatic rings. The molecule has 2 N–H and O–H groups in total. The molecule has 0 amide bonds. The summed E-state index contributed by atoms with van der Waals surface area (Å²) < 4.78 is 17.3. The first-order valence-electron chi connectivity index (χ1n) is 4.90. The Morgan fingerprint density at radius 3 is 2.23 bits per heavy atom. The second-order valence-corrected chi connectivity index (χ2v) is 6.38. The lowest BCUT2D eigenvalue weighted by Crippen LogP contribution is -2.44. The minimum absolute atomic E-state index is 0.157. The first-order chi connectivity index (χ1) is 6.17. The van der Waals surface area contributed by atoms with Crippen LogP contribution in [0.3, 0.4) is 0 Å². The minimum Gasteiger partial charge on any atom is -0.368 e. The summed E-state index contributed by atoms with van der Waals surface area (Å²) in [6.07, 6.45) is 1.49. The molecule has 13 heavy (non-hydrogen) atoms. The standard InChI is InChI=1S/C8H17NO3Si/c1-6-8-7(2)11-13(10-6,12-8)5-3-4-9/h6-8H,3-5,9H2,1-2H3/t6-,7+,8-,13?. The van der Waals surface area contributed by atoms with Crippen LogP contribution in [0.15, 0.2) is 0 Å². The van der Waals surface area contributed by atoms with Crippen LogP contribution >= 0.6 is 0 Å². The van der Waals surface area contributed by atoms with Gasteiger partial charge in [0.05, 0.1) is 18.3 Å². The van der Waals surface area contributed by atoms with Crippen LogP contribution in [0.25, 0.3) is 0 Å². The van der Waals surface area contributed by atoms with Crippen molar-refractivity contribution < 1.29 is 13.3 Å². The van der Waals surface area contributed by atoms with Crippen molar-refractivity contribution in [2.24, 2.45) is 5.73 Å². The van der Waals surface area contributed by atoms with Gasteiger partial charge in [-0.1, -0.05) is 0 Å². The molecule has 0 spiro atoms. The Morgan fingerprint density at radius 1 is 1.15 bits per heavy atom. The summed E-state index contributed by atoms with van der Waals surface area (Å²) in [5.41, 5.74) is 5.46. The van der Waals surface area contributed by atoms with E-state index in [1.54, 1.807) is 0 Å². The summed E-state index contributed by atoms with van der Waals surface area (Å²) in [6.45, 7) is 4.79. The summed E-state index contributed by atoms with van der Waals surface area (Å²) in [5, 5.41) is 0. The Labute approximate surface area is 79.7 Å². The quantitative estimate of drug-likeness (QED) is 0.679. The highest BCUT2D eigenvalue weighted by atomic mass is 28.4. The Morgan fingerprint density at radius 2 is 1.77 bits per heavy atom. The maximum absolute atomic E-state index is 5.83. The zero-order valence-electron chi connectivity index (χ0n) is 8.16. The number of hydrogen-bond donors (Lipinski definition) is 1. The van der Waals surface area contributed by atoms with Gasteiger partial charge >= 0.3 is 8.80 Å². The lowest BCUT2D eigenvalue weighted by molar-refractivity contribution is 0.0406. The molecule has 2 rings (SSSR count). The minimum atomic E-state index is -2.26. The van der Waals surface area contributed by atoms with E-state index in [-0.39, 0.29) is 18.3 Å². The molecular weight excluding hydrogens is 186 g/mol. The van der Waals surface area contributed by atoms with Gasteiger partial charge in [-0.15, -0.1) is 0 Å². The average Bonchev–Trinajstić information content (AvgIpc) is 2.55. The highest BCUT2D eigenvalue weighted by Crippen LogP contribution is 2.39. The molecule has 2 aliphatic heterocycles. The van der Waals surface area contributed by atoms with Gasteiger partial charge in [0.2, 0.25) is 0 Å². The molecule has 1 unspecified atom stereocenters. The number of fused-ring (bicyclic) bond motifs is 2. The van der Waals surface area contributed by atoms with Crippen LogP contribution in [0, 0.1) is 0 Å². The largest absolute Gasteiger partial charge is 0.502 e. The van der Waals surface area contributed by atoms with Gasteiger partial charge < -0.3 is 19.0 Å². The molecule has 0 saturated carbocycles. The molecule has 5 heteroatoms. The van der Waals surface area contributed by atoms with Gasteiger partial charge in [-0.25, -0.2) is 0 Å². The van der Waals surface area contributed by atoms with Gasteiger partial charge in [-0.2, -0.15) is 0 Å². The van der Waals surface area contributed by atoms with Crippen molar-refractivity contribution in [2.45, 2.75) is 44.6 Å². The third-order valence-corrected chi connectivity index (χ3v) is 5.72. The Bertz CT molecular complexity index is 190. The predicted octanol–water partition coefficient (Wildman–Crippen LogP) is 0.497. The zero-order chi connectivity index (χ0) is 9.47. The van der Waals surface area contributed by atoms with Crippen molar-refractivity contribution >= 4 is 8.80 Å². The third-order valence-electron chi connectivity index (χ3n) is 2.66. The van der Waals surface area contributed by atoms with Gasteiger partial charge in [-0.3, -0.25) is 0 Å². The number of rotatable bonds is 3. The molecule has 0 aromatic rings. The fraction of sp³-hybridized carbons (Fsp3) is 1.00. The molecule has 2 bridgehead atoms. The molecule has 4 nitrogen and oxygen atoms in total. The summed E-state index contributed by atoms with van der Waals surface area (Å²) >= 11 is 0. The molecular formula is C8H17NO3Si. The molecule has 76 valence electrons. The zero-order valence-corrected chi connectivity index (χ0v) is 9.16. The summed E-state index contributed by atoms with van der Waals surface area (Å²) in [5.74, 6) is 0. The van der Waals surface area contributed by atoms with Gasteiger partial charge in [0.25, 0.3) is 0 Å². The van der Waals surface area contributed by atoms with E-state index in [1.807, 2.05) is 0 Å². The van der Waals surface area contributed by atoms with Gasteiger partial charge in [0.15, 0.2) is 0 Å². The highest BCUT2D eigenvalue weighted by molar-refractivity contribution is 6.62. The number of nitrogens with two attached hydrogens (primary N) is 1. The predicted molar refractivity (Wildman–Crippen MR) is 50.2 cm³/mol. The second-order valence-electron chi connectivity index (χ2n) is 3.80. The van der Waals surface area contributed by atoms with Crippen LogP contribution in [0.5, 0.6) is 0 Å². The van der Waals surface area contributed by atoms with E-state index in [9.17, 15) is 0 Å². The molecule has 2 saturated heterocycles. The molecule has 2 heterocycles. The highest BCUT2D eigenvalue weighted by Gasteiger charge is 2.60. The maximum Gasteiger partial charge on any atom is 0.502 e. The van der Waals surface area contributed by atoms with Crippen molar-refractivity contribution in [2.75, 3.05) is 6.54 Å². The van der Waals surface area contributed by atoms with Crippen LogP contribution in [0.2, 0.25) is 6.04 Å². The average molecular weight is 203 g/mol. The number of hydrogen-bond acceptors (Lipinski definition) is 4. The van der Waals surface area contributed by atoms with Crippen LogP contribution in [0.4, 0.5) is 0 Å². The lowest BCUT2D eigenvalue weighted by atomic mass is 10.1. The lowest BCUT2D eigenvalue weighted by Gasteiger charge is -2.26. The van der Waals surface area contributed by atoms with E-state index >= 15 is 0 Å². The molecule has 0 radical (unpaired) electrons. The van der Waals surface area contributed by atoms with Gasteiger partial charge in [0.1, 0.15) is 0 Å². The van der Waals surface area contributed by atoms with Crippen LogP contribution < -0.4 is 5.73 Å². The Balaban J connectivity index is 2.00. The monoisotopic (exact) mass is 203 g/mol. The van der Waals surface area contributed by atoms with Crippen LogP contribution in [0.1, 0.15) is 20.3 Å². The topological polar surface area (TPSA) is 53.7 Å². The molecule has 0 aliphatic carbocycles. The van der Waals surface area contributed by atoms with E-state index in [4.69, 9.17) is 19.0 Å². The van der Waals surface area contributed by atoms with Crippen molar-refractivity contribution in [3.05, 3.63) is 0 Å². The molecule has 2 fully saturated rings. The van der Waals surface area contributed by atoms with Crippen LogP contribution in [-0.2, 0) is 13.3 Å². The van der Waals surface area contributed by atoms with E-state index in [1.165, 1.54) is 0 Å². The van der Waals surface area contributed by atoms with Crippen molar-refractivity contribution in [1.82, 2.24) is 0 Å². The second kappa shape index (κ2) is 3.32. The van der Waals surface area contributed by atoms with Crippen molar-refractivity contribution in [3.8, 4) is 0 Å². The van der Waals surface area contributed by atoms with Crippen LogP contribution in [-0.4, -0.2) is 33.7 Å². The van der Waals surface area contributed by atoms with E-state index in [0.717, 1.165) is 12.5 Å². The fourth-order valence-corrected chi connectivity index (χ4v) is 5.42. The third kappa shape index (κ3) is 1.55.